The zero-order chi connectivity index (χ0) is 23.8. The first-order chi connectivity index (χ1) is 15.1. The Bertz CT molecular complexity index is 864. The Hall–Kier alpha value is -3.36. The zero-order valence-corrected chi connectivity index (χ0v) is 19.1. The van der Waals surface area contributed by atoms with Crippen LogP contribution in [0.2, 0.25) is 0 Å². The molecule has 1 aliphatic heterocycles. The third kappa shape index (κ3) is 7.11. The summed E-state index contributed by atoms with van der Waals surface area (Å²) in [5.74, 6) is -1.53. The smallest absolute Gasteiger partial charge is 0.315 e. The molecule has 32 heavy (non-hydrogen) atoms. The first-order valence-electron chi connectivity index (χ1n) is 10.7. The molecule has 0 spiro atoms. The Labute approximate surface area is 188 Å². The number of benzene rings is 1. The molecule has 5 amide bonds. The van der Waals surface area contributed by atoms with E-state index in [2.05, 4.69) is 16.0 Å². The van der Waals surface area contributed by atoms with E-state index in [9.17, 15) is 19.2 Å². The largest absolute Gasteiger partial charge is 0.368 e. The molecule has 3 atom stereocenters. The summed E-state index contributed by atoms with van der Waals surface area (Å²) in [5, 5.41) is 8.21. The molecule has 1 fully saturated rings. The van der Waals surface area contributed by atoms with E-state index < -0.39 is 36.0 Å². The van der Waals surface area contributed by atoms with Crippen molar-refractivity contribution in [2.24, 2.45) is 5.73 Å². The maximum absolute atomic E-state index is 13.3. The van der Waals surface area contributed by atoms with Gasteiger partial charge in [-0.15, -0.1) is 0 Å². The SMILES string of the molecule is CC(C)=CC(=O)N1CC[C@H](NC(=O)NC(C)C)[C@H]1C(=O)N[C@H](Cc1ccccc1)C(N)=O. The Balaban J connectivity index is 2.23. The third-order valence-corrected chi connectivity index (χ3v) is 5.04. The minimum atomic E-state index is -0.964. The van der Waals surface area contributed by atoms with Gasteiger partial charge in [-0.05, 0) is 39.7 Å². The van der Waals surface area contributed by atoms with Crippen LogP contribution in [0, 0.1) is 0 Å². The molecular formula is C23H33N5O4. The maximum atomic E-state index is 13.3. The highest BCUT2D eigenvalue weighted by Gasteiger charge is 2.43. The van der Waals surface area contributed by atoms with E-state index in [0.717, 1.165) is 11.1 Å². The van der Waals surface area contributed by atoms with Crippen molar-refractivity contribution in [1.29, 1.82) is 0 Å². The molecule has 1 aromatic rings. The van der Waals surface area contributed by atoms with Crippen molar-refractivity contribution in [3.05, 3.63) is 47.5 Å². The second-order valence-corrected chi connectivity index (χ2v) is 8.52. The topological polar surface area (TPSA) is 134 Å². The zero-order valence-electron chi connectivity index (χ0n) is 19.1. The van der Waals surface area contributed by atoms with Crippen molar-refractivity contribution in [3.63, 3.8) is 0 Å². The van der Waals surface area contributed by atoms with Gasteiger partial charge in [0, 0.05) is 25.1 Å². The van der Waals surface area contributed by atoms with E-state index in [1.165, 1.54) is 11.0 Å². The third-order valence-electron chi connectivity index (χ3n) is 5.04. The molecule has 0 aromatic heterocycles. The first kappa shape index (κ1) is 24.9. The van der Waals surface area contributed by atoms with Gasteiger partial charge in [-0.3, -0.25) is 14.4 Å². The van der Waals surface area contributed by atoms with Crippen molar-refractivity contribution >= 4 is 23.8 Å². The predicted molar refractivity (Wildman–Crippen MR) is 121 cm³/mol. The van der Waals surface area contributed by atoms with E-state index in [4.69, 9.17) is 5.73 Å². The van der Waals surface area contributed by atoms with E-state index in [-0.39, 0.29) is 18.4 Å². The van der Waals surface area contributed by atoms with Gasteiger partial charge in [0.25, 0.3) is 0 Å². The van der Waals surface area contributed by atoms with E-state index in [0.29, 0.717) is 13.0 Å². The molecule has 0 radical (unpaired) electrons. The summed E-state index contributed by atoms with van der Waals surface area (Å²) in [6.07, 6.45) is 2.08. The molecule has 1 aliphatic rings. The van der Waals surface area contributed by atoms with Crippen molar-refractivity contribution < 1.29 is 19.2 Å². The molecule has 9 heteroatoms. The number of carbonyl (C=O) groups is 4. The average Bonchev–Trinajstić information content (AvgIpc) is 3.10. The van der Waals surface area contributed by atoms with E-state index in [1.807, 2.05) is 44.2 Å². The number of urea groups is 1. The molecule has 1 heterocycles. The molecule has 0 saturated carbocycles. The lowest BCUT2D eigenvalue weighted by Crippen LogP contribution is -2.59. The second kappa shape index (κ2) is 11.3. The maximum Gasteiger partial charge on any atom is 0.315 e. The monoisotopic (exact) mass is 443 g/mol. The number of allylic oxidation sites excluding steroid dienone is 1. The van der Waals surface area contributed by atoms with Gasteiger partial charge in [-0.2, -0.15) is 0 Å². The van der Waals surface area contributed by atoms with Crippen LogP contribution in [0.4, 0.5) is 4.79 Å². The average molecular weight is 444 g/mol. The Morgan fingerprint density at radius 2 is 1.78 bits per heavy atom. The lowest BCUT2D eigenvalue weighted by atomic mass is 10.0. The van der Waals surface area contributed by atoms with Gasteiger partial charge < -0.3 is 26.6 Å². The van der Waals surface area contributed by atoms with Crippen LogP contribution in [0.5, 0.6) is 0 Å². The summed E-state index contributed by atoms with van der Waals surface area (Å²) in [7, 11) is 0. The Kier molecular flexibility index (Phi) is 8.80. The number of nitrogens with one attached hydrogen (secondary N) is 3. The van der Waals surface area contributed by atoms with Gasteiger partial charge in [0.05, 0.1) is 6.04 Å². The highest BCUT2D eigenvalue weighted by Crippen LogP contribution is 2.20. The first-order valence-corrected chi connectivity index (χ1v) is 10.7. The summed E-state index contributed by atoms with van der Waals surface area (Å²) in [6.45, 7) is 7.52. The summed E-state index contributed by atoms with van der Waals surface area (Å²) >= 11 is 0. The normalized spacial score (nSPS) is 18.6. The number of hydrogen-bond acceptors (Lipinski definition) is 4. The van der Waals surface area contributed by atoms with E-state index in [1.54, 1.807) is 13.8 Å². The lowest BCUT2D eigenvalue weighted by Gasteiger charge is -2.29. The highest BCUT2D eigenvalue weighted by molar-refractivity contribution is 5.96. The summed E-state index contributed by atoms with van der Waals surface area (Å²) < 4.78 is 0. The molecule has 0 aliphatic carbocycles. The molecule has 1 saturated heterocycles. The number of rotatable bonds is 8. The van der Waals surface area contributed by atoms with Gasteiger partial charge in [0.1, 0.15) is 12.1 Å². The minimum Gasteiger partial charge on any atom is -0.368 e. The van der Waals surface area contributed by atoms with Crippen LogP contribution < -0.4 is 21.7 Å². The Morgan fingerprint density at radius 1 is 1.12 bits per heavy atom. The molecular weight excluding hydrogens is 410 g/mol. The highest BCUT2D eigenvalue weighted by atomic mass is 16.2. The number of nitrogens with two attached hydrogens (primary N) is 1. The van der Waals surface area contributed by atoms with Gasteiger partial charge in [-0.25, -0.2) is 4.79 Å². The Morgan fingerprint density at radius 3 is 2.34 bits per heavy atom. The molecule has 0 bridgehead atoms. The van der Waals surface area contributed by atoms with Crippen LogP contribution in [-0.4, -0.2) is 59.4 Å². The second-order valence-electron chi connectivity index (χ2n) is 8.52. The van der Waals surface area contributed by atoms with Gasteiger partial charge in [0.15, 0.2) is 0 Å². The van der Waals surface area contributed by atoms with Crippen LogP contribution in [0.3, 0.4) is 0 Å². The molecule has 1 aromatic carbocycles. The van der Waals surface area contributed by atoms with Crippen LogP contribution >= 0.6 is 0 Å². The minimum absolute atomic E-state index is 0.0859. The van der Waals surface area contributed by atoms with E-state index >= 15 is 0 Å². The van der Waals surface area contributed by atoms with Crippen LogP contribution in [0.1, 0.15) is 39.7 Å². The van der Waals surface area contributed by atoms with Crippen LogP contribution in [-0.2, 0) is 20.8 Å². The van der Waals surface area contributed by atoms with Crippen molar-refractivity contribution in [2.75, 3.05) is 6.54 Å². The predicted octanol–water partition coefficient (Wildman–Crippen LogP) is 0.843. The van der Waals surface area contributed by atoms with Crippen molar-refractivity contribution in [2.45, 2.75) is 64.7 Å². The number of amides is 5. The molecule has 2 rings (SSSR count). The number of likely N-dealkylation sites (tertiary alicyclic amines) is 1. The summed E-state index contributed by atoms with van der Waals surface area (Å²) in [5.41, 5.74) is 7.17. The fourth-order valence-corrected chi connectivity index (χ4v) is 3.65. The number of nitrogens with zero attached hydrogens (tertiary/aromatic N) is 1. The lowest BCUT2D eigenvalue weighted by molar-refractivity contribution is -0.137. The van der Waals surface area contributed by atoms with Crippen LogP contribution in [0.25, 0.3) is 0 Å². The number of carbonyl (C=O) groups excluding carboxylic acids is 4. The van der Waals surface area contributed by atoms with Gasteiger partial charge in [-0.1, -0.05) is 35.9 Å². The summed E-state index contributed by atoms with van der Waals surface area (Å²) in [6, 6.07) is 6.17. The summed E-state index contributed by atoms with van der Waals surface area (Å²) in [4.78, 5) is 51.7. The fraction of sp³-hybridized carbons (Fsp3) is 0.478. The number of hydrogen-bond donors (Lipinski definition) is 4. The molecule has 9 nitrogen and oxygen atoms in total. The molecule has 5 N–H and O–H groups in total. The quantitative estimate of drug-likeness (QED) is 0.443. The number of primary amides is 1. The van der Waals surface area contributed by atoms with Crippen LogP contribution in [0.15, 0.2) is 42.0 Å². The van der Waals surface area contributed by atoms with Crippen molar-refractivity contribution in [1.82, 2.24) is 20.9 Å². The molecule has 174 valence electrons. The molecule has 0 unspecified atom stereocenters. The standard InChI is InChI=1S/C23H33N5O4/c1-14(2)12-19(29)28-11-10-17(27-23(32)25-15(3)4)20(28)22(31)26-18(21(24)30)13-16-8-6-5-7-9-16/h5-9,12,15,17-18,20H,10-11,13H2,1-4H3,(H2,24,30)(H,26,31)(H2,25,27,32)/t17-,18+,20-/m0/s1. The van der Waals surface area contributed by atoms with Gasteiger partial charge in [0.2, 0.25) is 17.7 Å². The van der Waals surface area contributed by atoms with Gasteiger partial charge >= 0.3 is 6.03 Å². The fourth-order valence-electron chi connectivity index (χ4n) is 3.65. The van der Waals surface area contributed by atoms with Crippen molar-refractivity contribution in [3.8, 4) is 0 Å².